The second-order valence-corrected chi connectivity index (χ2v) is 2.76. The van der Waals surface area contributed by atoms with E-state index >= 15 is 0 Å². The van der Waals surface area contributed by atoms with Crippen LogP contribution in [0.5, 0.6) is 0 Å². The molecule has 0 radical (unpaired) electrons. The minimum absolute atomic E-state index is 0.223. The van der Waals surface area contributed by atoms with E-state index in [1.54, 1.807) is 0 Å². The van der Waals surface area contributed by atoms with Crippen molar-refractivity contribution in [2.75, 3.05) is 6.73 Å². The third-order valence-corrected chi connectivity index (χ3v) is 1.29. The molecule has 1 rings (SSSR count). The fourth-order valence-electron chi connectivity index (χ4n) is 0.851. The van der Waals surface area contributed by atoms with Gasteiger partial charge in [-0.3, -0.25) is 0 Å². The molecule has 0 aromatic rings. The maximum Gasteiger partial charge on any atom is 0.354 e. The molecule has 1 aliphatic heterocycles. The minimum atomic E-state index is -0.242. The van der Waals surface area contributed by atoms with Gasteiger partial charge in [0.15, 0.2) is 6.73 Å². The number of rotatable bonds is 2. The van der Waals surface area contributed by atoms with Gasteiger partial charge in [0, 0.05) is 0 Å². The number of aliphatic imine (C=N–C) groups is 1. The molecule has 10 heavy (non-hydrogen) atoms. The molecule has 1 heterocycles. The van der Waals surface area contributed by atoms with Gasteiger partial charge in [-0.25, -0.2) is 9.79 Å². The van der Waals surface area contributed by atoms with Gasteiger partial charge in [-0.15, -0.1) is 0 Å². The van der Waals surface area contributed by atoms with Crippen LogP contribution in [0, 0.1) is 5.92 Å². The summed E-state index contributed by atoms with van der Waals surface area (Å²) in [5.41, 5.74) is 0.593. The predicted octanol–water partition coefficient (Wildman–Crippen LogP) is 0.988. The first-order valence-electron chi connectivity index (χ1n) is 3.40. The van der Waals surface area contributed by atoms with Crippen molar-refractivity contribution in [3.8, 4) is 0 Å². The third kappa shape index (κ3) is 1.56. The molecule has 0 aliphatic carbocycles. The molecule has 0 atom stereocenters. The molecule has 0 saturated carbocycles. The van der Waals surface area contributed by atoms with Crippen molar-refractivity contribution < 1.29 is 9.53 Å². The quantitative estimate of drug-likeness (QED) is 0.538. The number of nitrogens with zero attached hydrogens (tertiary/aromatic N) is 1. The summed E-state index contributed by atoms with van der Waals surface area (Å²) in [7, 11) is 0. The third-order valence-electron chi connectivity index (χ3n) is 1.29. The zero-order chi connectivity index (χ0) is 7.56. The zero-order valence-corrected chi connectivity index (χ0v) is 6.26. The zero-order valence-electron chi connectivity index (χ0n) is 6.26. The van der Waals surface area contributed by atoms with Crippen LogP contribution in [-0.2, 0) is 9.53 Å². The number of esters is 1. The lowest BCUT2D eigenvalue weighted by molar-refractivity contribution is -0.133. The lowest BCUT2D eigenvalue weighted by Crippen LogP contribution is -2.12. The van der Waals surface area contributed by atoms with Crippen molar-refractivity contribution in [3.05, 3.63) is 0 Å². The van der Waals surface area contributed by atoms with Crippen LogP contribution in [0.2, 0.25) is 0 Å². The molecule has 0 saturated heterocycles. The second kappa shape index (κ2) is 2.82. The summed E-state index contributed by atoms with van der Waals surface area (Å²) in [6.45, 7) is 4.32. The first-order chi connectivity index (χ1) is 4.70. The van der Waals surface area contributed by atoms with E-state index < -0.39 is 0 Å². The highest BCUT2D eigenvalue weighted by molar-refractivity contribution is 6.37. The molecule has 0 aromatic carbocycles. The fourth-order valence-corrected chi connectivity index (χ4v) is 0.851. The Hall–Kier alpha value is -0.860. The van der Waals surface area contributed by atoms with E-state index in [-0.39, 0.29) is 12.7 Å². The molecule has 3 heteroatoms. The van der Waals surface area contributed by atoms with E-state index in [0.717, 1.165) is 6.42 Å². The van der Waals surface area contributed by atoms with Crippen molar-refractivity contribution in [2.24, 2.45) is 10.9 Å². The summed E-state index contributed by atoms with van der Waals surface area (Å²) in [5, 5.41) is 0. The maximum absolute atomic E-state index is 10.8. The highest BCUT2D eigenvalue weighted by atomic mass is 16.5. The van der Waals surface area contributed by atoms with E-state index in [1.807, 2.05) is 13.8 Å². The van der Waals surface area contributed by atoms with Gasteiger partial charge >= 0.3 is 5.97 Å². The Kier molecular flexibility index (Phi) is 2.04. The summed E-state index contributed by atoms with van der Waals surface area (Å²) in [6.07, 6.45) is 0.735. The Labute approximate surface area is 60.1 Å². The van der Waals surface area contributed by atoms with Gasteiger partial charge in [0.05, 0.1) is 0 Å². The second-order valence-electron chi connectivity index (χ2n) is 2.76. The Balaban J connectivity index is 2.48. The highest BCUT2D eigenvalue weighted by Gasteiger charge is 2.18. The molecular weight excluding hydrogens is 130 g/mol. The predicted molar refractivity (Wildman–Crippen MR) is 37.8 cm³/mol. The molecule has 0 spiro atoms. The summed E-state index contributed by atoms with van der Waals surface area (Å²) >= 11 is 0. The Morgan fingerprint density at radius 3 is 2.80 bits per heavy atom. The first-order valence-corrected chi connectivity index (χ1v) is 3.40. The fraction of sp³-hybridized carbons (Fsp3) is 0.714. The van der Waals surface area contributed by atoms with E-state index in [0.29, 0.717) is 11.6 Å². The van der Waals surface area contributed by atoms with E-state index in [4.69, 9.17) is 0 Å². The van der Waals surface area contributed by atoms with Crippen LogP contribution in [0.15, 0.2) is 4.99 Å². The molecule has 0 N–H and O–H groups in total. The number of hydrogen-bond donors (Lipinski definition) is 0. The van der Waals surface area contributed by atoms with Gasteiger partial charge in [-0.05, 0) is 12.3 Å². The van der Waals surface area contributed by atoms with Crippen LogP contribution in [0.3, 0.4) is 0 Å². The molecule has 0 fully saturated rings. The van der Waals surface area contributed by atoms with Gasteiger partial charge in [0.1, 0.15) is 5.71 Å². The Morgan fingerprint density at radius 2 is 2.40 bits per heavy atom. The molecule has 0 bridgehead atoms. The number of carbonyl (C=O) groups excluding carboxylic acids is 1. The Bertz CT molecular complexity index is 172. The monoisotopic (exact) mass is 141 g/mol. The SMILES string of the molecule is CC(C)CC1=NCOC1=O. The first kappa shape index (κ1) is 7.25. The number of cyclic esters (lactones) is 1. The largest absolute Gasteiger partial charge is 0.438 e. The van der Waals surface area contributed by atoms with E-state index in [1.165, 1.54) is 0 Å². The number of hydrogen-bond acceptors (Lipinski definition) is 3. The Morgan fingerprint density at radius 1 is 1.70 bits per heavy atom. The van der Waals surface area contributed by atoms with Gasteiger partial charge < -0.3 is 4.74 Å². The normalized spacial score (nSPS) is 17.5. The van der Waals surface area contributed by atoms with Gasteiger partial charge in [0.2, 0.25) is 0 Å². The summed E-state index contributed by atoms with van der Waals surface area (Å²) < 4.78 is 4.62. The van der Waals surface area contributed by atoms with Gasteiger partial charge in [-0.1, -0.05) is 13.8 Å². The van der Waals surface area contributed by atoms with Crippen molar-refractivity contribution in [1.82, 2.24) is 0 Å². The number of carbonyl (C=O) groups is 1. The lowest BCUT2D eigenvalue weighted by atomic mass is 10.1. The van der Waals surface area contributed by atoms with Crippen LogP contribution >= 0.6 is 0 Å². The molecule has 0 aromatic heterocycles. The standard InChI is InChI=1S/C7H11NO2/c1-5(2)3-6-7(9)10-4-8-6/h5H,3-4H2,1-2H3. The molecule has 1 aliphatic rings. The van der Waals surface area contributed by atoms with E-state index in [9.17, 15) is 4.79 Å². The summed E-state index contributed by atoms with van der Waals surface area (Å²) in [5.74, 6) is 0.234. The van der Waals surface area contributed by atoms with Crippen LogP contribution in [0.4, 0.5) is 0 Å². The van der Waals surface area contributed by atoms with E-state index in [2.05, 4.69) is 9.73 Å². The van der Waals surface area contributed by atoms with Crippen molar-refractivity contribution in [3.63, 3.8) is 0 Å². The highest BCUT2D eigenvalue weighted by Crippen LogP contribution is 2.07. The van der Waals surface area contributed by atoms with Crippen molar-refractivity contribution in [1.29, 1.82) is 0 Å². The molecule has 0 amide bonds. The van der Waals surface area contributed by atoms with Crippen molar-refractivity contribution in [2.45, 2.75) is 20.3 Å². The molecule has 0 unspecified atom stereocenters. The molecule has 3 nitrogen and oxygen atoms in total. The topological polar surface area (TPSA) is 38.7 Å². The number of ether oxygens (including phenoxy) is 1. The summed E-state index contributed by atoms with van der Waals surface area (Å²) in [6, 6.07) is 0. The van der Waals surface area contributed by atoms with Crippen molar-refractivity contribution >= 4 is 11.7 Å². The maximum atomic E-state index is 10.8. The average Bonchev–Trinajstić information content (AvgIpc) is 2.15. The summed E-state index contributed by atoms with van der Waals surface area (Å²) in [4.78, 5) is 14.7. The van der Waals surface area contributed by atoms with Crippen LogP contribution < -0.4 is 0 Å². The smallest absolute Gasteiger partial charge is 0.354 e. The van der Waals surface area contributed by atoms with Gasteiger partial charge in [0.25, 0.3) is 0 Å². The molecular formula is C7H11NO2. The minimum Gasteiger partial charge on any atom is -0.438 e. The molecule has 56 valence electrons. The van der Waals surface area contributed by atoms with Gasteiger partial charge in [-0.2, -0.15) is 0 Å². The average molecular weight is 141 g/mol. The lowest BCUT2D eigenvalue weighted by Gasteiger charge is -1.99. The van der Waals surface area contributed by atoms with Crippen LogP contribution in [0.25, 0.3) is 0 Å². The van der Waals surface area contributed by atoms with Crippen LogP contribution in [0.1, 0.15) is 20.3 Å². The van der Waals surface area contributed by atoms with Crippen LogP contribution in [-0.4, -0.2) is 18.4 Å².